The van der Waals surface area contributed by atoms with E-state index in [9.17, 15) is 0 Å². The number of guanidine groups is 2. The van der Waals surface area contributed by atoms with Gasteiger partial charge in [0.15, 0.2) is 0 Å². The van der Waals surface area contributed by atoms with Crippen LogP contribution in [0.25, 0.3) is 0 Å². The average Bonchev–Trinajstić information content (AvgIpc) is 3.04. The number of unbranched alkanes of at least 4 members (excludes halogenated alkanes) is 2. The second-order valence-electron chi connectivity index (χ2n) is 10.8. The van der Waals surface area contributed by atoms with Crippen LogP contribution < -0.4 is 37.0 Å². The van der Waals surface area contributed by atoms with Crippen molar-refractivity contribution < 1.29 is 13.5 Å². The van der Waals surface area contributed by atoms with Crippen molar-refractivity contribution in [2.45, 2.75) is 25.4 Å². The van der Waals surface area contributed by atoms with Gasteiger partial charge >= 0.3 is 213 Å². The van der Waals surface area contributed by atoms with E-state index in [1.165, 1.54) is 0 Å². The molecule has 0 saturated carbocycles. The van der Waals surface area contributed by atoms with Gasteiger partial charge in [0.05, 0.1) is 14.1 Å². The van der Waals surface area contributed by atoms with Crippen LogP contribution in [0.3, 0.4) is 0 Å². The SMILES string of the molecule is C[N+](C)=C1NC(N)=NC(c2ccc(OCCCCCP(F)(c3ccccc3)(c3ccccc3)c3ccccc3)cc2)N1. The molecule has 0 aliphatic carbocycles. The standard InChI is InChI=1S/C34H39FN5OP/c1-40(2)34-38-32(37-33(36)39-34)27-21-23-28(24-22-27)41-25-13-6-14-26-42(35,29-15-7-3-8-16-29,30-17-9-4-10-18-30)31-19-11-5-12-20-31/h3-5,7-12,15-24,32H,6,13-14,25-26H2,1-2H3,(H3,36,37,38,39)/p+1. The van der Waals surface area contributed by atoms with Crippen LogP contribution >= 0.6 is 6.91 Å². The molecule has 0 aromatic heterocycles. The number of hydrogen-bond donors (Lipinski definition) is 3. The third-order valence-electron chi connectivity index (χ3n) is 7.81. The summed E-state index contributed by atoms with van der Waals surface area (Å²) in [6.07, 6.45) is 2.64. The van der Waals surface area contributed by atoms with Crippen LogP contribution in [-0.2, 0) is 0 Å². The summed E-state index contributed by atoms with van der Waals surface area (Å²) in [7, 11) is 3.87. The van der Waals surface area contributed by atoms with Gasteiger partial charge in [-0.3, -0.25) is 4.58 Å². The molecule has 0 saturated heterocycles. The number of hydrogen-bond acceptors (Lipinski definition) is 3. The van der Waals surface area contributed by atoms with Gasteiger partial charge in [-0.2, -0.15) is 0 Å². The molecule has 0 radical (unpaired) electrons. The van der Waals surface area contributed by atoms with E-state index in [0.29, 0.717) is 18.7 Å². The fourth-order valence-corrected chi connectivity index (χ4v) is 10.4. The Balaban J connectivity index is 1.24. The Labute approximate surface area is 248 Å². The fourth-order valence-electron chi connectivity index (χ4n) is 5.56. The summed E-state index contributed by atoms with van der Waals surface area (Å²) in [5.74, 6) is 1.96. The summed E-state index contributed by atoms with van der Waals surface area (Å²) in [5, 5.41) is 8.69. The van der Waals surface area contributed by atoms with Gasteiger partial charge in [-0.25, -0.2) is 5.32 Å². The van der Waals surface area contributed by atoms with Gasteiger partial charge in [-0.15, -0.1) is 0 Å². The van der Waals surface area contributed by atoms with Crippen LogP contribution in [0, 0.1) is 0 Å². The normalized spacial score (nSPS) is 15.9. The predicted molar refractivity (Wildman–Crippen MR) is 175 cm³/mol. The zero-order valence-electron chi connectivity index (χ0n) is 24.3. The number of rotatable bonds is 11. The Bertz CT molecular complexity index is 1430. The quantitative estimate of drug-likeness (QED) is 0.135. The first-order valence-corrected chi connectivity index (χ1v) is 16.7. The molecule has 5 rings (SSSR count). The van der Waals surface area contributed by atoms with Gasteiger partial charge in [0, 0.05) is 0 Å². The number of nitrogens with one attached hydrogen (secondary N) is 2. The molecule has 1 aliphatic rings. The van der Waals surface area contributed by atoms with Crippen LogP contribution in [0.1, 0.15) is 31.0 Å². The molecule has 42 heavy (non-hydrogen) atoms. The molecule has 1 aliphatic heterocycles. The summed E-state index contributed by atoms with van der Waals surface area (Å²) in [4.78, 5) is 4.46. The molecular formula is C34H40FN5OP+. The number of nitrogens with two attached hydrogens (primary N) is 1. The summed E-state index contributed by atoms with van der Waals surface area (Å²) >= 11 is 0. The van der Waals surface area contributed by atoms with E-state index >= 15 is 4.20 Å². The number of benzene rings is 4. The topological polar surface area (TPSA) is 74.7 Å². The van der Waals surface area contributed by atoms with Crippen LogP contribution in [-0.4, -0.2) is 43.4 Å². The summed E-state index contributed by atoms with van der Waals surface area (Å²) < 4.78 is 26.5. The van der Waals surface area contributed by atoms with E-state index in [0.717, 1.165) is 52.4 Å². The first kappa shape index (κ1) is 29.3. The molecule has 4 aromatic carbocycles. The first-order valence-electron chi connectivity index (χ1n) is 14.4. The van der Waals surface area contributed by atoms with Gasteiger partial charge in [0.25, 0.3) is 5.96 Å². The van der Waals surface area contributed by atoms with E-state index in [4.69, 9.17) is 10.5 Å². The second-order valence-corrected chi connectivity index (χ2v) is 15.2. The van der Waals surface area contributed by atoms with Crippen molar-refractivity contribution in [3.05, 3.63) is 121 Å². The van der Waals surface area contributed by atoms with Gasteiger partial charge in [-0.1, -0.05) is 0 Å². The monoisotopic (exact) mass is 584 g/mol. The molecule has 0 fully saturated rings. The van der Waals surface area contributed by atoms with Crippen molar-refractivity contribution in [2.24, 2.45) is 10.7 Å². The number of ether oxygens (including phenoxy) is 1. The molecule has 1 heterocycles. The van der Waals surface area contributed by atoms with Crippen LogP contribution in [0.5, 0.6) is 5.75 Å². The molecule has 4 N–H and O–H groups in total. The summed E-state index contributed by atoms with van der Waals surface area (Å²) in [5.41, 5.74) is 6.95. The molecule has 1 atom stereocenters. The zero-order valence-corrected chi connectivity index (χ0v) is 25.2. The van der Waals surface area contributed by atoms with Crippen LogP contribution in [0.4, 0.5) is 4.20 Å². The molecule has 1 unspecified atom stereocenters. The molecule has 0 spiro atoms. The van der Waals surface area contributed by atoms with E-state index in [-0.39, 0.29) is 6.17 Å². The molecule has 0 amide bonds. The molecular weight excluding hydrogens is 544 g/mol. The Morgan fingerprint density at radius 2 is 1.29 bits per heavy atom. The third kappa shape index (κ3) is 6.02. The van der Waals surface area contributed by atoms with Crippen LogP contribution in [0.15, 0.2) is 120 Å². The minimum atomic E-state index is -4.18. The molecule has 4 aromatic rings. The minimum absolute atomic E-state index is 0.270. The maximum atomic E-state index is 18.5. The van der Waals surface area contributed by atoms with E-state index in [1.807, 2.05) is 134 Å². The molecule has 6 nitrogen and oxygen atoms in total. The van der Waals surface area contributed by atoms with Gasteiger partial charge in [-0.05, 0) is 0 Å². The summed E-state index contributed by atoms with van der Waals surface area (Å²) in [6, 6.07) is 37.2. The number of nitrogens with zero attached hydrogens (tertiary/aromatic N) is 2. The first-order chi connectivity index (χ1) is 20.4. The van der Waals surface area contributed by atoms with Crippen molar-refractivity contribution in [3.63, 3.8) is 0 Å². The summed E-state index contributed by atoms with van der Waals surface area (Å²) in [6.45, 7) is -3.61. The Morgan fingerprint density at radius 3 is 1.79 bits per heavy atom. The van der Waals surface area contributed by atoms with Crippen molar-refractivity contribution in [3.8, 4) is 5.75 Å². The van der Waals surface area contributed by atoms with Crippen LogP contribution in [0.2, 0.25) is 0 Å². The predicted octanol–water partition coefficient (Wildman–Crippen LogP) is 4.78. The molecule has 8 heteroatoms. The van der Waals surface area contributed by atoms with Gasteiger partial charge < -0.3 is 5.73 Å². The van der Waals surface area contributed by atoms with Crippen molar-refractivity contribution in [1.29, 1.82) is 0 Å². The van der Waals surface area contributed by atoms with Crippen molar-refractivity contribution in [1.82, 2.24) is 10.6 Å². The maximum absolute atomic E-state index is 18.5. The van der Waals surface area contributed by atoms with E-state index < -0.39 is 6.91 Å². The average molecular weight is 585 g/mol. The number of aliphatic imine (C=N–C) groups is 1. The Kier molecular flexibility index (Phi) is 8.89. The Hall–Kier alpha value is -4.22. The van der Waals surface area contributed by atoms with Gasteiger partial charge in [0.2, 0.25) is 0 Å². The third-order valence-corrected chi connectivity index (χ3v) is 13.1. The molecule has 218 valence electrons. The molecule has 0 bridgehead atoms. The van der Waals surface area contributed by atoms with Crippen molar-refractivity contribution in [2.75, 3.05) is 26.9 Å². The van der Waals surface area contributed by atoms with E-state index in [2.05, 4.69) is 15.6 Å². The zero-order chi connectivity index (χ0) is 29.4. The van der Waals surface area contributed by atoms with Crippen molar-refractivity contribution >= 4 is 34.7 Å². The Morgan fingerprint density at radius 1 is 0.762 bits per heavy atom. The van der Waals surface area contributed by atoms with E-state index in [1.54, 1.807) is 0 Å². The second kappa shape index (κ2) is 12.7. The number of halogens is 1. The fraction of sp³-hybridized carbons (Fsp3) is 0.235. The van der Waals surface area contributed by atoms with Gasteiger partial charge in [0.1, 0.15) is 0 Å².